The number of amides is 2. The van der Waals surface area contributed by atoms with Crippen LogP contribution in [0.25, 0.3) is 11.4 Å². The molecule has 1 unspecified atom stereocenters. The van der Waals surface area contributed by atoms with E-state index in [0.29, 0.717) is 49.4 Å². The summed E-state index contributed by atoms with van der Waals surface area (Å²) < 4.78 is 19.5. The topological polar surface area (TPSA) is 91.6 Å². The molecule has 1 N–H and O–H groups in total. The smallest absolute Gasteiger partial charge is 0.245 e. The highest BCUT2D eigenvalue weighted by Gasteiger charge is 2.29. The van der Waals surface area contributed by atoms with Gasteiger partial charge in [0.2, 0.25) is 23.5 Å². The number of carbonyl (C=O) groups excluding carboxylic acids is 2. The van der Waals surface area contributed by atoms with Crippen molar-refractivity contribution < 1.29 is 18.5 Å². The maximum absolute atomic E-state index is 14.2. The predicted molar refractivity (Wildman–Crippen MR) is 138 cm³/mol. The zero-order chi connectivity index (χ0) is 26.4. The van der Waals surface area contributed by atoms with Crippen molar-refractivity contribution in [1.29, 1.82) is 0 Å². The third-order valence-electron chi connectivity index (χ3n) is 6.41. The first kappa shape index (κ1) is 26.5. The van der Waals surface area contributed by atoms with Gasteiger partial charge < -0.3 is 14.7 Å². The first-order chi connectivity index (χ1) is 17.8. The Morgan fingerprint density at radius 2 is 1.73 bits per heavy atom. The Kier molecular flexibility index (Phi) is 8.66. The van der Waals surface area contributed by atoms with Crippen LogP contribution in [-0.2, 0) is 29.0 Å². The molecule has 2 amide bonds. The highest BCUT2D eigenvalue weighted by molar-refractivity contribution is 5.87. The molecular formula is C28H34FN5O3. The van der Waals surface area contributed by atoms with Crippen LogP contribution in [0.2, 0.25) is 0 Å². The summed E-state index contributed by atoms with van der Waals surface area (Å²) in [5.41, 5.74) is 2.48. The van der Waals surface area contributed by atoms with Crippen LogP contribution in [0.4, 0.5) is 4.39 Å². The van der Waals surface area contributed by atoms with E-state index in [2.05, 4.69) is 46.3 Å². The van der Waals surface area contributed by atoms with Gasteiger partial charge in [-0.2, -0.15) is 4.98 Å². The van der Waals surface area contributed by atoms with Crippen molar-refractivity contribution in [3.63, 3.8) is 0 Å². The molecule has 37 heavy (non-hydrogen) atoms. The number of benzene rings is 2. The van der Waals surface area contributed by atoms with Gasteiger partial charge in [-0.25, -0.2) is 4.39 Å². The fraction of sp³-hybridized carbons (Fsp3) is 0.429. The zero-order valence-electron chi connectivity index (χ0n) is 21.6. The van der Waals surface area contributed by atoms with Crippen LogP contribution in [0.5, 0.6) is 0 Å². The number of piperazine rings is 1. The fourth-order valence-electron chi connectivity index (χ4n) is 4.50. The van der Waals surface area contributed by atoms with E-state index in [4.69, 9.17) is 4.52 Å². The lowest BCUT2D eigenvalue weighted by atomic mass is 10.0. The number of nitrogens with zero attached hydrogens (tertiary/aromatic N) is 4. The van der Waals surface area contributed by atoms with Crippen molar-refractivity contribution in [2.45, 2.75) is 46.2 Å². The molecule has 1 atom stereocenters. The number of hydrogen-bond donors (Lipinski definition) is 1. The van der Waals surface area contributed by atoms with Crippen LogP contribution < -0.4 is 5.32 Å². The molecule has 0 aliphatic carbocycles. The van der Waals surface area contributed by atoms with E-state index in [0.717, 1.165) is 24.1 Å². The number of nitrogens with one attached hydrogen (secondary N) is 1. The number of rotatable bonds is 9. The molecule has 0 spiro atoms. The Hall–Kier alpha value is -3.59. The highest BCUT2D eigenvalue weighted by atomic mass is 19.1. The number of hydrogen-bond acceptors (Lipinski definition) is 6. The van der Waals surface area contributed by atoms with E-state index in [9.17, 15) is 14.0 Å². The van der Waals surface area contributed by atoms with Gasteiger partial charge in [-0.05, 0) is 23.1 Å². The Balaban J connectivity index is 1.31. The van der Waals surface area contributed by atoms with Gasteiger partial charge in [0, 0.05) is 58.1 Å². The quantitative estimate of drug-likeness (QED) is 0.477. The summed E-state index contributed by atoms with van der Waals surface area (Å²) in [5, 5.41) is 6.80. The number of aromatic nitrogens is 2. The lowest BCUT2D eigenvalue weighted by molar-refractivity contribution is -0.137. The van der Waals surface area contributed by atoms with E-state index in [1.165, 1.54) is 13.0 Å². The van der Waals surface area contributed by atoms with Crippen LogP contribution >= 0.6 is 0 Å². The second-order valence-electron chi connectivity index (χ2n) is 9.96. The SMILES string of the molecule is CC(=O)NC(Cc1ccccc1F)C(=O)N1CCN(Cc2ccc(-c3noc(CC(C)C)n3)cc2)CC1. The molecule has 2 aromatic carbocycles. The minimum atomic E-state index is -0.792. The lowest BCUT2D eigenvalue weighted by Crippen LogP contribution is -2.55. The van der Waals surface area contributed by atoms with Crippen molar-refractivity contribution in [3.05, 3.63) is 71.4 Å². The van der Waals surface area contributed by atoms with Crippen molar-refractivity contribution in [1.82, 2.24) is 25.3 Å². The fourth-order valence-corrected chi connectivity index (χ4v) is 4.50. The largest absolute Gasteiger partial charge is 0.344 e. The van der Waals surface area contributed by atoms with Gasteiger partial charge in [0.1, 0.15) is 11.9 Å². The minimum Gasteiger partial charge on any atom is -0.344 e. The number of halogens is 1. The monoisotopic (exact) mass is 507 g/mol. The van der Waals surface area contributed by atoms with E-state index < -0.39 is 6.04 Å². The van der Waals surface area contributed by atoms with Crippen LogP contribution in [-0.4, -0.2) is 64.0 Å². The van der Waals surface area contributed by atoms with Gasteiger partial charge in [0.05, 0.1) is 0 Å². The molecular weight excluding hydrogens is 473 g/mol. The summed E-state index contributed by atoms with van der Waals surface area (Å²) in [6, 6.07) is 13.7. The predicted octanol–water partition coefficient (Wildman–Crippen LogP) is 3.47. The average Bonchev–Trinajstić information content (AvgIpc) is 3.33. The second kappa shape index (κ2) is 12.1. The molecule has 4 rings (SSSR count). The standard InChI is InChI=1S/C28H34FN5O3/c1-19(2)16-26-31-27(32-37-26)22-10-8-21(9-11-22)18-33-12-14-34(15-13-33)28(36)25(30-20(3)35)17-23-6-4-5-7-24(23)29/h4-11,19,25H,12-18H2,1-3H3,(H,30,35). The molecule has 0 saturated carbocycles. The Bertz CT molecular complexity index is 1200. The number of carbonyl (C=O) groups is 2. The summed E-state index contributed by atoms with van der Waals surface area (Å²) in [6.07, 6.45) is 0.880. The van der Waals surface area contributed by atoms with Crippen LogP contribution in [0, 0.1) is 11.7 Å². The molecule has 1 aliphatic rings. The van der Waals surface area contributed by atoms with E-state index >= 15 is 0 Å². The molecule has 1 saturated heterocycles. The first-order valence-corrected chi connectivity index (χ1v) is 12.7. The molecule has 196 valence electrons. The van der Waals surface area contributed by atoms with Crippen molar-refractivity contribution >= 4 is 11.8 Å². The maximum atomic E-state index is 14.2. The molecule has 0 bridgehead atoms. The minimum absolute atomic E-state index is 0.122. The van der Waals surface area contributed by atoms with Crippen molar-refractivity contribution in [2.24, 2.45) is 5.92 Å². The molecule has 2 heterocycles. The summed E-state index contributed by atoms with van der Waals surface area (Å²) in [6.45, 7) is 8.87. The Labute approximate surface area is 216 Å². The second-order valence-corrected chi connectivity index (χ2v) is 9.96. The van der Waals surface area contributed by atoms with Gasteiger partial charge in [-0.15, -0.1) is 0 Å². The molecule has 1 fully saturated rings. The summed E-state index contributed by atoms with van der Waals surface area (Å²) in [5.74, 6) is 0.828. The van der Waals surface area contributed by atoms with E-state index in [1.54, 1.807) is 23.1 Å². The van der Waals surface area contributed by atoms with Crippen LogP contribution in [0.3, 0.4) is 0 Å². The molecule has 8 nitrogen and oxygen atoms in total. The molecule has 1 aromatic heterocycles. The lowest BCUT2D eigenvalue weighted by Gasteiger charge is -2.36. The van der Waals surface area contributed by atoms with Gasteiger partial charge >= 0.3 is 0 Å². The third kappa shape index (κ3) is 7.22. The summed E-state index contributed by atoms with van der Waals surface area (Å²) in [7, 11) is 0. The molecule has 0 radical (unpaired) electrons. The summed E-state index contributed by atoms with van der Waals surface area (Å²) in [4.78, 5) is 33.5. The van der Waals surface area contributed by atoms with Gasteiger partial charge in [0.25, 0.3) is 0 Å². The zero-order valence-corrected chi connectivity index (χ0v) is 21.6. The van der Waals surface area contributed by atoms with Gasteiger partial charge in [-0.1, -0.05) is 61.5 Å². The van der Waals surface area contributed by atoms with Crippen LogP contribution in [0.15, 0.2) is 53.1 Å². The average molecular weight is 508 g/mol. The molecule has 3 aromatic rings. The first-order valence-electron chi connectivity index (χ1n) is 12.7. The Morgan fingerprint density at radius 1 is 1.03 bits per heavy atom. The van der Waals surface area contributed by atoms with Crippen molar-refractivity contribution in [2.75, 3.05) is 26.2 Å². The summed E-state index contributed by atoms with van der Waals surface area (Å²) >= 11 is 0. The Morgan fingerprint density at radius 3 is 2.38 bits per heavy atom. The molecule has 1 aliphatic heterocycles. The van der Waals surface area contributed by atoms with E-state index in [1.807, 2.05) is 12.1 Å². The van der Waals surface area contributed by atoms with Crippen molar-refractivity contribution in [3.8, 4) is 11.4 Å². The maximum Gasteiger partial charge on any atom is 0.245 e. The van der Waals surface area contributed by atoms with Crippen LogP contribution in [0.1, 0.15) is 37.8 Å². The van der Waals surface area contributed by atoms with Gasteiger partial charge in [0.15, 0.2) is 0 Å². The molecule has 9 heteroatoms. The normalized spacial score (nSPS) is 15.1. The highest BCUT2D eigenvalue weighted by Crippen LogP contribution is 2.19. The third-order valence-corrected chi connectivity index (χ3v) is 6.41. The van der Waals surface area contributed by atoms with E-state index in [-0.39, 0.29) is 24.1 Å². The van der Waals surface area contributed by atoms with Gasteiger partial charge in [-0.3, -0.25) is 14.5 Å².